The van der Waals surface area contributed by atoms with Gasteiger partial charge in [-0.3, -0.25) is 9.69 Å². The number of amides is 3. The first-order valence-corrected chi connectivity index (χ1v) is 9.56. The van der Waals surface area contributed by atoms with Crippen molar-refractivity contribution >= 4 is 17.9 Å². The Kier molecular flexibility index (Phi) is 5.14. The van der Waals surface area contributed by atoms with Crippen LogP contribution in [0, 0.1) is 5.82 Å². The molecular weight excluding hydrogens is 377 g/mol. The third-order valence-corrected chi connectivity index (χ3v) is 5.61. The molecule has 9 heteroatoms. The number of rotatable bonds is 5. The standard InChI is InChI=1S/C20H22FN5O3/c21-16-12-22-18(23-13-16)24-8-6-20(7-9-24)17(28)25(10-11-27)19(29)26(20)14-15-4-2-1-3-5-15/h1-5,12-13,27H,6-11,14H2. The summed E-state index contributed by atoms with van der Waals surface area (Å²) in [5.41, 5.74) is -0.0262. The summed E-state index contributed by atoms with van der Waals surface area (Å²) in [6.07, 6.45) is 3.05. The summed E-state index contributed by atoms with van der Waals surface area (Å²) in [5, 5.41) is 9.32. The number of benzene rings is 1. The van der Waals surface area contributed by atoms with Gasteiger partial charge >= 0.3 is 6.03 Å². The molecule has 2 saturated heterocycles. The Hall–Kier alpha value is -3.07. The van der Waals surface area contributed by atoms with Gasteiger partial charge in [0.15, 0.2) is 5.82 Å². The summed E-state index contributed by atoms with van der Waals surface area (Å²) in [6, 6.07) is 9.15. The van der Waals surface area contributed by atoms with E-state index in [4.69, 9.17) is 0 Å². The van der Waals surface area contributed by atoms with E-state index in [1.165, 1.54) is 0 Å². The molecule has 0 atom stereocenters. The van der Waals surface area contributed by atoms with Crippen molar-refractivity contribution < 1.29 is 19.1 Å². The molecule has 1 N–H and O–H groups in total. The minimum absolute atomic E-state index is 0.0184. The van der Waals surface area contributed by atoms with Crippen LogP contribution in [0.1, 0.15) is 18.4 Å². The van der Waals surface area contributed by atoms with E-state index in [9.17, 15) is 19.1 Å². The Morgan fingerprint density at radius 1 is 1.07 bits per heavy atom. The molecule has 2 aliphatic heterocycles. The average Bonchev–Trinajstić information content (AvgIpc) is 2.93. The number of anilines is 1. The maximum Gasteiger partial charge on any atom is 0.328 e. The van der Waals surface area contributed by atoms with E-state index in [0.717, 1.165) is 22.9 Å². The lowest BCUT2D eigenvalue weighted by Crippen LogP contribution is -2.56. The van der Waals surface area contributed by atoms with E-state index < -0.39 is 11.4 Å². The van der Waals surface area contributed by atoms with Crippen LogP contribution in [0.3, 0.4) is 0 Å². The molecule has 2 aliphatic rings. The van der Waals surface area contributed by atoms with Crippen molar-refractivity contribution in [3.05, 3.63) is 54.1 Å². The van der Waals surface area contributed by atoms with E-state index in [2.05, 4.69) is 9.97 Å². The van der Waals surface area contributed by atoms with Gasteiger partial charge in [-0.15, -0.1) is 0 Å². The van der Waals surface area contributed by atoms with Gasteiger partial charge in [-0.1, -0.05) is 30.3 Å². The number of piperidine rings is 1. The summed E-state index contributed by atoms with van der Waals surface area (Å²) in [4.78, 5) is 38.9. The summed E-state index contributed by atoms with van der Waals surface area (Å²) < 4.78 is 13.1. The van der Waals surface area contributed by atoms with Crippen LogP contribution >= 0.6 is 0 Å². The SMILES string of the molecule is O=C1N(CCO)C(=O)C2(CCN(c3ncc(F)cn3)CC2)N1Cc1ccccc1. The molecule has 3 heterocycles. The lowest BCUT2D eigenvalue weighted by Gasteiger charge is -2.42. The van der Waals surface area contributed by atoms with Gasteiger partial charge in [0.2, 0.25) is 5.95 Å². The third kappa shape index (κ3) is 3.42. The first-order chi connectivity index (χ1) is 14.0. The lowest BCUT2D eigenvalue weighted by atomic mass is 9.85. The number of hydrogen-bond donors (Lipinski definition) is 1. The largest absolute Gasteiger partial charge is 0.395 e. The first-order valence-electron chi connectivity index (χ1n) is 9.56. The normalized spacial score (nSPS) is 18.8. The van der Waals surface area contributed by atoms with E-state index in [1.807, 2.05) is 35.2 Å². The van der Waals surface area contributed by atoms with Crippen LogP contribution < -0.4 is 4.90 Å². The predicted octanol–water partition coefficient (Wildman–Crippen LogP) is 1.41. The number of imide groups is 1. The van der Waals surface area contributed by atoms with Gasteiger partial charge in [-0.2, -0.15) is 0 Å². The molecule has 0 saturated carbocycles. The smallest absolute Gasteiger partial charge is 0.328 e. The molecule has 2 fully saturated rings. The van der Waals surface area contributed by atoms with Crippen LogP contribution in [-0.4, -0.2) is 68.6 Å². The Morgan fingerprint density at radius 2 is 1.72 bits per heavy atom. The topological polar surface area (TPSA) is 89.9 Å². The Labute approximate surface area is 167 Å². The second-order valence-corrected chi connectivity index (χ2v) is 7.25. The van der Waals surface area contributed by atoms with E-state index in [0.29, 0.717) is 38.4 Å². The van der Waals surface area contributed by atoms with Gasteiger partial charge < -0.3 is 14.9 Å². The highest BCUT2D eigenvalue weighted by Gasteiger charge is 2.57. The van der Waals surface area contributed by atoms with Crippen molar-refractivity contribution in [2.24, 2.45) is 0 Å². The van der Waals surface area contributed by atoms with Crippen LogP contribution in [0.25, 0.3) is 0 Å². The minimum atomic E-state index is -0.960. The van der Waals surface area contributed by atoms with Crippen molar-refractivity contribution in [3.8, 4) is 0 Å². The van der Waals surface area contributed by atoms with E-state index in [-0.39, 0.29) is 25.1 Å². The highest BCUT2D eigenvalue weighted by atomic mass is 19.1. The van der Waals surface area contributed by atoms with Crippen molar-refractivity contribution in [1.82, 2.24) is 19.8 Å². The van der Waals surface area contributed by atoms with Crippen LogP contribution in [-0.2, 0) is 11.3 Å². The molecule has 3 amide bonds. The van der Waals surface area contributed by atoms with Gasteiger partial charge in [0, 0.05) is 19.6 Å². The molecule has 0 aliphatic carbocycles. The highest BCUT2D eigenvalue weighted by Crippen LogP contribution is 2.38. The Morgan fingerprint density at radius 3 is 2.34 bits per heavy atom. The zero-order chi connectivity index (χ0) is 20.4. The number of halogens is 1. The molecule has 0 bridgehead atoms. The van der Waals surface area contributed by atoms with E-state index in [1.54, 1.807) is 4.90 Å². The number of β-amino-alcohol motifs (C(OH)–C–C–N with tert-alkyl or cyclic N) is 1. The van der Waals surface area contributed by atoms with Crippen LogP contribution in [0.4, 0.5) is 15.1 Å². The van der Waals surface area contributed by atoms with Gasteiger partial charge in [-0.05, 0) is 18.4 Å². The Balaban J connectivity index is 1.59. The molecule has 29 heavy (non-hydrogen) atoms. The fourth-order valence-electron chi connectivity index (χ4n) is 4.09. The number of hydrogen-bond acceptors (Lipinski definition) is 6. The zero-order valence-corrected chi connectivity index (χ0v) is 15.9. The van der Waals surface area contributed by atoms with Gasteiger partial charge in [-0.25, -0.2) is 19.2 Å². The van der Waals surface area contributed by atoms with Crippen molar-refractivity contribution in [1.29, 1.82) is 0 Å². The number of nitrogens with zero attached hydrogens (tertiary/aromatic N) is 5. The third-order valence-electron chi connectivity index (χ3n) is 5.61. The molecule has 0 radical (unpaired) electrons. The fraction of sp³-hybridized carbons (Fsp3) is 0.400. The molecular formula is C20H22FN5O3. The summed E-state index contributed by atoms with van der Waals surface area (Å²) >= 11 is 0. The molecule has 1 aromatic carbocycles. The number of aromatic nitrogens is 2. The Bertz CT molecular complexity index is 885. The van der Waals surface area contributed by atoms with Crippen molar-refractivity contribution in [3.63, 3.8) is 0 Å². The first kappa shape index (κ1) is 19.3. The monoisotopic (exact) mass is 399 g/mol. The van der Waals surface area contributed by atoms with E-state index >= 15 is 0 Å². The molecule has 2 aromatic rings. The molecule has 152 valence electrons. The second kappa shape index (κ2) is 7.75. The zero-order valence-electron chi connectivity index (χ0n) is 15.9. The van der Waals surface area contributed by atoms with Crippen LogP contribution in [0.15, 0.2) is 42.7 Å². The summed E-state index contributed by atoms with van der Waals surface area (Å²) in [5.74, 6) is -0.375. The van der Waals surface area contributed by atoms with Crippen molar-refractivity contribution in [2.45, 2.75) is 24.9 Å². The minimum Gasteiger partial charge on any atom is -0.395 e. The van der Waals surface area contributed by atoms with Gasteiger partial charge in [0.05, 0.1) is 25.5 Å². The van der Waals surface area contributed by atoms with Crippen LogP contribution in [0.5, 0.6) is 0 Å². The quantitative estimate of drug-likeness (QED) is 0.765. The number of carbonyl (C=O) groups excluding carboxylic acids is 2. The lowest BCUT2D eigenvalue weighted by molar-refractivity contribution is -0.134. The summed E-state index contributed by atoms with van der Waals surface area (Å²) in [7, 11) is 0. The fourth-order valence-corrected chi connectivity index (χ4v) is 4.09. The molecule has 8 nitrogen and oxygen atoms in total. The number of aliphatic hydroxyl groups excluding tert-OH is 1. The van der Waals surface area contributed by atoms with Gasteiger partial charge in [0.25, 0.3) is 5.91 Å². The second-order valence-electron chi connectivity index (χ2n) is 7.25. The number of urea groups is 1. The predicted molar refractivity (Wildman–Crippen MR) is 102 cm³/mol. The van der Waals surface area contributed by atoms with Crippen molar-refractivity contribution in [2.75, 3.05) is 31.1 Å². The summed E-state index contributed by atoms with van der Waals surface area (Å²) in [6.45, 7) is 0.948. The molecule has 4 rings (SSSR count). The number of carbonyl (C=O) groups is 2. The number of aliphatic hydroxyl groups is 1. The average molecular weight is 399 g/mol. The molecule has 1 spiro atoms. The maximum absolute atomic E-state index is 13.2. The van der Waals surface area contributed by atoms with Crippen LogP contribution in [0.2, 0.25) is 0 Å². The van der Waals surface area contributed by atoms with Gasteiger partial charge in [0.1, 0.15) is 5.54 Å². The molecule has 0 unspecified atom stereocenters. The highest BCUT2D eigenvalue weighted by molar-refractivity contribution is 6.07. The maximum atomic E-state index is 13.2. The molecule has 1 aromatic heterocycles.